The number of benzene rings is 5. The molecule has 8 nitrogen and oxygen atoms in total. The zero-order valence-corrected chi connectivity index (χ0v) is 32.0. The molecule has 5 aromatic carbocycles. The van der Waals surface area contributed by atoms with Gasteiger partial charge in [0.05, 0.1) is 33.7 Å². The van der Waals surface area contributed by atoms with Gasteiger partial charge in [-0.1, -0.05) is 95.5 Å². The van der Waals surface area contributed by atoms with Crippen LogP contribution >= 0.6 is 34.8 Å². The summed E-state index contributed by atoms with van der Waals surface area (Å²) in [4.78, 5) is 11.8. The van der Waals surface area contributed by atoms with Crippen molar-refractivity contribution >= 4 is 61.7 Å². The maximum atomic E-state index is 13.4. The molecule has 6 aromatic rings. The summed E-state index contributed by atoms with van der Waals surface area (Å²) in [6.45, 7) is 3.95. The molecule has 0 amide bonds. The van der Waals surface area contributed by atoms with E-state index >= 15 is 0 Å². The average Bonchev–Trinajstić information content (AvgIpc) is 3.41. The van der Waals surface area contributed by atoms with E-state index in [9.17, 15) is 18.3 Å². The quantitative estimate of drug-likeness (QED) is 0.107. The predicted molar refractivity (Wildman–Crippen MR) is 211 cm³/mol. The fourth-order valence-electron chi connectivity index (χ4n) is 6.44. The van der Waals surface area contributed by atoms with Crippen molar-refractivity contribution in [3.8, 4) is 11.5 Å². The molecule has 0 fully saturated rings. The van der Waals surface area contributed by atoms with Gasteiger partial charge >= 0.3 is 5.97 Å². The number of fused-ring (bicyclic) bond motifs is 1. The fourth-order valence-corrected chi connectivity index (χ4v) is 8.03. The van der Waals surface area contributed by atoms with Gasteiger partial charge in [-0.25, -0.2) is 17.9 Å². The zero-order valence-electron chi connectivity index (χ0n) is 28.9. The fraction of sp³-hybridized carbons (Fsp3) is 0.195. The van der Waals surface area contributed by atoms with Crippen LogP contribution in [0.1, 0.15) is 52.6 Å². The third kappa shape index (κ3) is 8.83. The Morgan fingerprint density at radius 3 is 2.11 bits per heavy atom. The van der Waals surface area contributed by atoms with Gasteiger partial charge in [-0.05, 0) is 79.1 Å². The van der Waals surface area contributed by atoms with Crippen molar-refractivity contribution in [1.29, 1.82) is 0 Å². The molecule has 2 N–H and O–H groups in total. The summed E-state index contributed by atoms with van der Waals surface area (Å²) < 4.78 is 43.9. The number of sulfonamides is 1. The molecule has 53 heavy (non-hydrogen) atoms. The molecule has 1 heterocycles. The second-order valence-corrected chi connectivity index (χ2v) is 15.7. The summed E-state index contributed by atoms with van der Waals surface area (Å²) in [6, 6.07) is 34.6. The van der Waals surface area contributed by atoms with E-state index in [0.29, 0.717) is 23.6 Å². The largest absolute Gasteiger partial charge is 0.493 e. The Morgan fingerprint density at radius 2 is 1.49 bits per heavy atom. The number of carbonyl (C=O) groups is 1. The molecule has 1 aromatic heterocycles. The van der Waals surface area contributed by atoms with Crippen LogP contribution in [0.4, 0.5) is 0 Å². The Labute approximate surface area is 323 Å². The van der Waals surface area contributed by atoms with E-state index in [0.717, 1.165) is 33.3 Å². The highest BCUT2D eigenvalue weighted by Crippen LogP contribution is 2.38. The lowest BCUT2D eigenvalue weighted by Gasteiger charge is -2.25. The third-order valence-corrected chi connectivity index (χ3v) is 11.1. The number of nitrogens with zero attached hydrogens (tertiary/aromatic N) is 1. The summed E-state index contributed by atoms with van der Waals surface area (Å²) >= 11 is 18.9. The molecular formula is C41H37Cl3N2O6S. The number of hydrogen-bond acceptors (Lipinski definition) is 5. The molecule has 6 rings (SSSR count). The second-order valence-electron chi connectivity index (χ2n) is 12.6. The molecule has 0 saturated carbocycles. The van der Waals surface area contributed by atoms with Crippen LogP contribution in [-0.2, 0) is 22.9 Å². The summed E-state index contributed by atoms with van der Waals surface area (Å²) in [5, 5.41) is 11.5. The van der Waals surface area contributed by atoms with Crippen LogP contribution in [-0.4, -0.2) is 43.3 Å². The number of aromatic carboxylic acids is 1. The van der Waals surface area contributed by atoms with E-state index in [-0.39, 0.29) is 51.6 Å². The van der Waals surface area contributed by atoms with Crippen LogP contribution in [0.3, 0.4) is 0 Å². The lowest BCUT2D eigenvalue weighted by molar-refractivity contribution is 0.0690. The molecule has 12 heteroatoms. The topological polar surface area (TPSA) is 107 Å². The van der Waals surface area contributed by atoms with Crippen LogP contribution in [0.15, 0.2) is 120 Å². The highest BCUT2D eigenvalue weighted by atomic mass is 35.5. The molecule has 0 radical (unpaired) electrons. The molecule has 0 aliphatic rings. The van der Waals surface area contributed by atoms with Gasteiger partial charge in [-0.3, -0.25) is 0 Å². The van der Waals surface area contributed by atoms with E-state index in [1.807, 2.05) is 68.4 Å². The van der Waals surface area contributed by atoms with Crippen molar-refractivity contribution in [2.75, 3.05) is 13.2 Å². The maximum Gasteiger partial charge on any atom is 0.339 e. The minimum atomic E-state index is -3.93. The van der Waals surface area contributed by atoms with Gasteiger partial charge in [0.2, 0.25) is 10.0 Å². The van der Waals surface area contributed by atoms with Crippen LogP contribution in [0, 0.1) is 0 Å². The number of aromatic nitrogens is 1. The first-order valence-electron chi connectivity index (χ1n) is 17.0. The standard InChI is InChI=1S/C41H37Cl3N2O6S/c1-26(2)52-39-24-30(14-16-33(39)41(47)48)51-22-20-32-34-23-29(42)13-18-37(34)46(40(27-9-5-3-6-10-27)28-11-7-4-8-12-28)38(32)19-21-45-53(49,50)31-15-17-35(43)36(44)25-31/h3-18,23-26,40,45H,19-22H2,1-2H3,(H,47,48). The lowest BCUT2D eigenvalue weighted by atomic mass is 9.97. The van der Waals surface area contributed by atoms with Gasteiger partial charge in [0.25, 0.3) is 0 Å². The zero-order chi connectivity index (χ0) is 37.7. The first-order valence-corrected chi connectivity index (χ1v) is 19.6. The Morgan fingerprint density at radius 1 is 0.811 bits per heavy atom. The van der Waals surface area contributed by atoms with E-state index < -0.39 is 16.0 Å². The van der Waals surface area contributed by atoms with Crippen molar-refractivity contribution < 1.29 is 27.8 Å². The van der Waals surface area contributed by atoms with E-state index in [2.05, 4.69) is 33.6 Å². The molecule has 0 aliphatic heterocycles. The Bertz CT molecular complexity index is 2310. The Balaban J connectivity index is 1.43. The number of carboxylic acids is 1. The van der Waals surface area contributed by atoms with E-state index in [1.54, 1.807) is 12.1 Å². The number of ether oxygens (including phenoxy) is 2. The van der Waals surface area contributed by atoms with Gasteiger partial charge in [0.15, 0.2) is 0 Å². The number of nitrogens with one attached hydrogen (secondary N) is 1. The highest BCUT2D eigenvalue weighted by molar-refractivity contribution is 7.89. The Hall–Kier alpha value is -4.51. The lowest BCUT2D eigenvalue weighted by Crippen LogP contribution is -2.27. The number of carboxylic acid groups (broad SMARTS) is 1. The molecule has 0 bridgehead atoms. The highest BCUT2D eigenvalue weighted by Gasteiger charge is 2.26. The molecule has 0 aliphatic carbocycles. The number of rotatable bonds is 15. The van der Waals surface area contributed by atoms with Gasteiger partial charge in [0.1, 0.15) is 17.1 Å². The van der Waals surface area contributed by atoms with Gasteiger partial charge in [0, 0.05) is 47.1 Å². The second kappa shape index (κ2) is 16.7. The predicted octanol–water partition coefficient (Wildman–Crippen LogP) is 9.87. The normalized spacial score (nSPS) is 11.8. The first-order chi connectivity index (χ1) is 25.4. The van der Waals surface area contributed by atoms with Gasteiger partial charge in [-0.15, -0.1) is 0 Å². The van der Waals surface area contributed by atoms with Gasteiger partial charge in [-0.2, -0.15) is 0 Å². The number of halogens is 3. The minimum Gasteiger partial charge on any atom is -0.493 e. The molecule has 0 unspecified atom stereocenters. The van der Waals surface area contributed by atoms with Gasteiger partial charge < -0.3 is 19.1 Å². The SMILES string of the molecule is CC(C)Oc1cc(OCCc2c(CCNS(=O)(=O)c3ccc(Cl)c(Cl)c3)n(C(c3ccccc3)c3ccccc3)c3ccc(Cl)cc23)ccc1C(=O)O. The van der Waals surface area contributed by atoms with Crippen LogP contribution in [0.25, 0.3) is 10.9 Å². The van der Waals surface area contributed by atoms with Crippen molar-refractivity contribution in [2.45, 2.75) is 43.7 Å². The molecule has 274 valence electrons. The molecule has 0 spiro atoms. The number of hydrogen-bond donors (Lipinski definition) is 2. The molecule has 0 atom stereocenters. The van der Waals surface area contributed by atoms with Crippen molar-refractivity contribution in [1.82, 2.24) is 9.29 Å². The summed E-state index contributed by atoms with van der Waals surface area (Å²) in [7, 11) is -3.93. The maximum absolute atomic E-state index is 13.4. The summed E-state index contributed by atoms with van der Waals surface area (Å²) in [5.41, 5.74) is 4.88. The van der Waals surface area contributed by atoms with Crippen LogP contribution in [0.5, 0.6) is 11.5 Å². The molecule has 0 saturated heterocycles. The van der Waals surface area contributed by atoms with Crippen LogP contribution < -0.4 is 14.2 Å². The smallest absolute Gasteiger partial charge is 0.339 e. The van der Waals surface area contributed by atoms with Crippen molar-refractivity contribution in [3.05, 3.63) is 158 Å². The molecular weight excluding hydrogens is 755 g/mol. The monoisotopic (exact) mass is 790 g/mol. The van der Waals surface area contributed by atoms with E-state index in [1.165, 1.54) is 24.3 Å². The minimum absolute atomic E-state index is 0.00836. The van der Waals surface area contributed by atoms with Crippen molar-refractivity contribution in [3.63, 3.8) is 0 Å². The van der Waals surface area contributed by atoms with E-state index in [4.69, 9.17) is 44.3 Å². The van der Waals surface area contributed by atoms with Crippen LogP contribution in [0.2, 0.25) is 15.1 Å². The van der Waals surface area contributed by atoms with Crippen molar-refractivity contribution in [2.24, 2.45) is 0 Å². The Kier molecular flexibility index (Phi) is 12.0. The summed E-state index contributed by atoms with van der Waals surface area (Å²) in [6.07, 6.45) is 0.506. The third-order valence-electron chi connectivity index (χ3n) is 8.69. The first kappa shape index (κ1) is 38.2. The summed E-state index contributed by atoms with van der Waals surface area (Å²) in [5.74, 6) is -0.422. The average molecular weight is 792 g/mol.